The van der Waals surface area contributed by atoms with Crippen LogP contribution in [0, 0.1) is 12.8 Å². The number of H-pyrrole nitrogens is 1. The summed E-state index contributed by atoms with van der Waals surface area (Å²) in [5.41, 5.74) is 0.692. The van der Waals surface area contributed by atoms with Crippen LogP contribution in [0.4, 0.5) is 5.82 Å². The van der Waals surface area contributed by atoms with E-state index < -0.39 is 0 Å². The SMILES string of the molecule is Cc1nc(CN2CCN(c3ccc(C(=O)N4CCC(C)CC4)cn3)CC2)n[nH]1. The van der Waals surface area contributed by atoms with Gasteiger partial charge in [-0.05, 0) is 37.8 Å². The van der Waals surface area contributed by atoms with Gasteiger partial charge in [0, 0.05) is 45.5 Å². The minimum Gasteiger partial charge on any atom is -0.354 e. The first-order valence-electron chi connectivity index (χ1n) is 10.2. The maximum absolute atomic E-state index is 12.7. The van der Waals surface area contributed by atoms with E-state index in [2.05, 4.69) is 36.9 Å². The lowest BCUT2D eigenvalue weighted by atomic mass is 9.99. The number of piperazine rings is 1. The summed E-state index contributed by atoms with van der Waals surface area (Å²) < 4.78 is 0. The lowest BCUT2D eigenvalue weighted by Gasteiger charge is -2.35. The summed E-state index contributed by atoms with van der Waals surface area (Å²) in [6, 6.07) is 3.90. The molecule has 1 amide bonds. The van der Waals surface area contributed by atoms with Crippen LogP contribution in [0.5, 0.6) is 0 Å². The average molecular weight is 384 g/mol. The number of aromatic nitrogens is 4. The standard InChI is InChI=1S/C20H29N7O/c1-15-5-7-27(8-6-15)20(28)17-3-4-19(21-13-17)26-11-9-25(10-12-26)14-18-22-16(2)23-24-18/h3-4,13,15H,5-12,14H2,1-2H3,(H,22,23,24). The van der Waals surface area contributed by atoms with E-state index >= 15 is 0 Å². The molecular weight excluding hydrogens is 354 g/mol. The maximum atomic E-state index is 12.7. The van der Waals surface area contributed by atoms with Crippen LogP contribution < -0.4 is 4.90 Å². The third kappa shape index (κ3) is 4.32. The van der Waals surface area contributed by atoms with Crippen molar-refractivity contribution < 1.29 is 4.79 Å². The van der Waals surface area contributed by atoms with Gasteiger partial charge in [0.15, 0.2) is 5.82 Å². The highest BCUT2D eigenvalue weighted by atomic mass is 16.2. The molecule has 0 aromatic carbocycles. The summed E-state index contributed by atoms with van der Waals surface area (Å²) in [6.45, 7) is 10.4. The predicted molar refractivity (Wildman–Crippen MR) is 107 cm³/mol. The van der Waals surface area contributed by atoms with Gasteiger partial charge in [-0.1, -0.05) is 6.92 Å². The molecule has 1 N–H and O–H groups in total. The molecule has 0 bridgehead atoms. The summed E-state index contributed by atoms with van der Waals surface area (Å²) in [6.07, 6.45) is 3.92. The Morgan fingerprint density at radius 2 is 1.89 bits per heavy atom. The van der Waals surface area contributed by atoms with Crippen molar-refractivity contribution in [2.75, 3.05) is 44.2 Å². The fourth-order valence-electron chi connectivity index (χ4n) is 3.89. The number of hydrogen-bond donors (Lipinski definition) is 1. The topological polar surface area (TPSA) is 81.2 Å². The highest BCUT2D eigenvalue weighted by molar-refractivity contribution is 5.94. The van der Waals surface area contributed by atoms with Crippen LogP contribution in [0.25, 0.3) is 0 Å². The van der Waals surface area contributed by atoms with Gasteiger partial charge in [0.05, 0.1) is 12.1 Å². The molecular formula is C20H29N7O. The molecule has 0 aliphatic carbocycles. The van der Waals surface area contributed by atoms with Gasteiger partial charge in [-0.3, -0.25) is 14.8 Å². The van der Waals surface area contributed by atoms with Crippen LogP contribution in [-0.4, -0.2) is 75.1 Å². The highest BCUT2D eigenvalue weighted by Gasteiger charge is 2.23. The van der Waals surface area contributed by atoms with Crippen molar-refractivity contribution in [3.8, 4) is 0 Å². The lowest BCUT2D eigenvalue weighted by molar-refractivity contribution is 0.0697. The molecule has 150 valence electrons. The molecule has 2 saturated heterocycles. The molecule has 2 aromatic rings. The van der Waals surface area contributed by atoms with Crippen molar-refractivity contribution in [1.29, 1.82) is 0 Å². The summed E-state index contributed by atoms with van der Waals surface area (Å²) in [4.78, 5) is 28.2. The van der Waals surface area contributed by atoms with Crippen molar-refractivity contribution in [1.82, 2.24) is 30.0 Å². The number of aryl methyl sites for hydroxylation is 1. The molecule has 4 rings (SSSR count). The predicted octanol–water partition coefficient (Wildman–Crippen LogP) is 1.70. The molecule has 0 saturated carbocycles. The Hall–Kier alpha value is -2.48. The molecule has 0 atom stereocenters. The normalized spacial score (nSPS) is 19.2. The smallest absolute Gasteiger partial charge is 0.255 e. The van der Waals surface area contributed by atoms with E-state index in [4.69, 9.17) is 0 Å². The molecule has 2 aromatic heterocycles. The van der Waals surface area contributed by atoms with E-state index in [-0.39, 0.29) is 5.91 Å². The van der Waals surface area contributed by atoms with E-state index in [1.807, 2.05) is 24.0 Å². The molecule has 28 heavy (non-hydrogen) atoms. The molecule has 4 heterocycles. The third-order valence-corrected chi connectivity index (χ3v) is 5.77. The number of aromatic amines is 1. The second-order valence-corrected chi connectivity index (χ2v) is 7.98. The van der Waals surface area contributed by atoms with Gasteiger partial charge in [0.25, 0.3) is 5.91 Å². The lowest BCUT2D eigenvalue weighted by Crippen LogP contribution is -2.46. The first kappa shape index (κ1) is 18.9. The van der Waals surface area contributed by atoms with Crippen molar-refractivity contribution in [2.45, 2.75) is 33.2 Å². The quantitative estimate of drug-likeness (QED) is 0.866. The largest absolute Gasteiger partial charge is 0.354 e. The van der Waals surface area contributed by atoms with Gasteiger partial charge in [-0.15, -0.1) is 0 Å². The Morgan fingerprint density at radius 1 is 1.14 bits per heavy atom. The van der Waals surface area contributed by atoms with E-state index in [0.717, 1.165) is 82.0 Å². The molecule has 0 radical (unpaired) electrons. The molecule has 8 nitrogen and oxygen atoms in total. The molecule has 2 aliphatic heterocycles. The van der Waals surface area contributed by atoms with E-state index in [0.29, 0.717) is 5.56 Å². The van der Waals surface area contributed by atoms with Crippen molar-refractivity contribution in [3.05, 3.63) is 35.5 Å². The monoisotopic (exact) mass is 383 g/mol. The van der Waals surface area contributed by atoms with Crippen LogP contribution in [0.1, 0.15) is 41.8 Å². The number of rotatable bonds is 4. The summed E-state index contributed by atoms with van der Waals surface area (Å²) >= 11 is 0. The number of nitrogens with one attached hydrogen (secondary N) is 1. The fourth-order valence-corrected chi connectivity index (χ4v) is 3.89. The molecule has 2 fully saturated rings. The maximum Gasteiger partial charge on any atom is 0.255 e. The van der Waals surface area contributed by atoms with E-state index in [9.17, 15) is 4.79 Å². The summed E-state index contributed by atoms with van der Waals surface area (Å²) in [5.74, 6) is 3.47. The number of carbonyl (C=O) groups is 1. The first-order valence-corrected chi connectivity index (χ1v) is 10.2. The zero-order chi connectivity index (χ0) is 19.5. The summed E-state index contributed by atoms with van der Waals surface area (Å²) in [5, 5.41) is 7.11. The summed E-state index contributed by atoms with van der Waals surface area (Å²) in [7, 11) is 0. The van der Waals surface area contributed by atoms with Gasteiger partial charge < -0.3 is 9.80 Å². The Bertz CT molecular complexity index is 787. The van der Waals surface area contributed by atoms with Gasteiger partial charge in [-0.25, -0.2) is 9.97 Å². The van der Waals surface area contributed by atoms with Crippen LogP contribution in [0.3, 0.4) is 0 Å². The zero-order valence-electron chi connectivity index (χ0n) is 16.8. The van der Waals surface area contributed by atoms with Crippen LogP contribution in [-0.2, 0) is 6.54 Å². The minimum absolute atomic E-state index is 0.109. The number of hydrogen-bond acceptors (Lipinski definition) is 6. The van der Waals surface area contributed by atoms with Crippen molar-refractivity contribution >= 4 is 11.7 Å². The van der Waals surface area contributed by atoms with Gasteiger partial charge in [0.1, 0.15) is 11.6 Å². The number of likely N-dealkylation sites (tertiary alicyclic amines) is 1. The number of piperidine rings is 1. The molecule has 2 aliphatic rings. The second kappa shape index (κ2) is 8.26. The van der Waals surface area contributed by atoms with E-state index in [1.54, 1.807) is 6.20 Å². The van der Waals surface area contributed by atoms with E-state index in [1.165, 1.54) is 0 Å². The Kier molecular flexibility index (Phi) is 5.57. The number of pyridine rings is 1. The third-order valence-electron chi connectivity index (χ3n) is 5.77. The average Bonchev–Trinajstić information content (AvgIpc) is 3.13. The van der Waals surface area contributed by atoms with Gasteiger partial charge >= 0.3 is 0 Å². The molecule has 0 spiro atoms. The number of amides is 1. The number of anilines is 1. The Balaban J connectivity index is 1.30. The Morgan fingerprint density at radius 3 is 2.50 bits per heavy atom. The van der Waals surface area contributed by atoms with Crippen molar-refractivity contribution in [2.24, 2.45) is 5.92 Å². The van der Waals surface area contributed by atoms with Crippen LogP contribution in [0.15, 0.2) is 18.3 Å². The molecule has 8 heteroatoms. The fraction of sp³-hybridized carbons (Fsp3) is 0.600. The van der Waals surface area contributed by atoms with Gasteiger partial charge in [0.2, 0.25) is 0 Å². The van der Waals surface area contributed by atoms with Crippen molar-refractivity contribution in [3.63, 3.8) is 0 Å². The van der Waals surface area contributed by atoms with Crippen LogP contribution >= 0.6 is 0 Å². The molecule has 0 unspecified atom stereocenters. The minimum atomic E-state index is 0.109. The van der Waals surface area contributed by atoms with Gasteiger partial charge in [-0.2, -0.15) is 5.10 Å². The second-order valence-electron chi connectivity index (χ2n) is 7.98. The first-order chi connectivity index (χ1) is 13.6. The number of carbonyl (C=O) groups excluding carboxylic acids is 1. The Labute approximate surface area is 165 Å². The number of nitrogens with zero attached hydrogens (tertiary/aromatic N) is 6. The zero-order valence-corrected chi connectivity index (χ0v) is 16.8. The highest BCUT2D eigenvalue weighted by Crippen LogP contribution is 2.19. The van der Waals surface area contributed by atoms with Crippen LogP contribution in [0.2, 0.25) is 0 Å².